The summed E-state index contributed by atoms with van der Waals surface area (Å²) in [5.41, 5.74) is 10.6. The van der Waals surface area contributed by atoms with Crippen molar-refractivity contribution in [1.29, 1.82) is 0 Å². The fourth-order valence-corrected chi connectivity index (χ4v) is 9.86. The molecule has 4 bridgehead atoms. The number of anilines is 2. The van der Waals surface area contributed by atoms with Gasteiger partial charge in [-0.15, -0.1) is 0 Å². The lowest BCUT2D eigenvalue weighted by Crippen LogP contribution is -2.55. The Labute approximate surface area is 389 Å². The van der Waals surface area contributed by atoms with Gasteiger partial charge in [0.15, 0.2) is 0 Å². The van der Waals surface area contributed by atoms with Crippen LogP contribution in [0.25, 0.3) is 12.2 Å². The molecule has 0 aliphatic carbocycles. The first-order valence-corrected chi connectivity index (χ1v) is 22.9. The van der Waals surface area contributed by atoms with Gasteiger partial charge in [-0.1, -0.05) is 47.5 Å². The number of piperazine rings is 2. The SMILES string of the molecule is CCOc1cc(/C=C/C(=O)N2C3CCC2CN(Cc2ccc(F)cc2)C3)c(N)cc1Cl.CCOc1cc(/C=C/C(=O)N2C3CCC2CN(Cc2ccc(F)cc2)C3)c(NC(C)=O)cc1Cl. The minimum atomic E-state index is -0.234. The van der Waals surface area contributed by atoms with Crippen molar-refractivity contribution in [2.75, 3.05) is 50.4 Å². The highest BCUT2D eigenvalue weighted by Crippen LogP contribution is 2.36. The summed E-state index contributed by atoms with van der Waals surface area (Å²) < 4.78 is 37.5. The van der Waals surface area contributed by atoms with Crippen molar-refractivity contribution >= 4 is 64.5 Å². The first kappa shape index (κ1) is 47.5. The lowest BCUT2D eigenvalue weighted by Gasteiger charge is -2.40. The molecule has 0 saturated carbocycles. The zero-order chi connectivity index (χ0) is 46.2. The molecule has 8 rings (SSSR count). The first-order chi connectivity index (χ1) is 31.3. The molecule has 15 heteroatoms. The number of hydrogen-bond acceptors (Lipinski definition) is 8. The summed E-state index contributed by atoms with van der Waals surface area (Å²) >= 11 is 12.4. The summed E-state index contributed by atoms with van der Waals surface area (Å²) in [6, 6.07) is 20.7. The third-order valence-electron chi connectivity index (χ3n) is 12.2. The quantitative estimate of drug-likeness (QED) is 0.101. The number of nitrogens with one attached hydrogen (secondary N) is 1. The minimum absolute atomic E-state index is 0.00115. The molecule has 4 heterocycles. The molecular weight excluding hydrogens is 873 g/mol. The maximum Gasteiger partial charge on any atom is 0.247 e. The number of ether oxygens (including phenoxy) is 2. The van der Waals surface area contributed by atoms with E-state index in [-0.39, 0.29) is 53.5 Å². The van der Waals surface area contributed by atoms with Gasteiger partial charge >= 0.3 is 0 Å². The lowest BCUT2D eigenvalue weighted by molar-refractivity contribution is -0.132. The molecule has 3 N–H and O–H groups in total. The van der Waals surface area contributed by atoms with Crippen molar-refractivity contribution in [3.8, 4) is 11.5 Å². The summed E-state index contributed by atoms with van der Waals surface area (Å²) in [7, 11) is 0. The number of hydrogen-bond donors (Lipinski definition) is 2. The predicted octanol–water partition coefficient (Wildman–Crippen LogP) is 9.07. The molecule has 4 aliphatic heterocycles. The number of benzene rings is 4. The Balaban J connectivity index is 0.000000195. The predicted molar refractivity (Wildman–Crippen MR) is 253 cm³/mol. The van der Waals surface area contributed by atoms with E-state index in [2.05, 4.69) is 15.1 Å². The fraction of sp³-hybridized carbons (Fsp3) is 0.380. The van der Waals surface area contributed by atoms with Crippen LogP contribution in [0.1, 0.15) is 68.7 Å². The highest BCUT2D eigenvalue weighted by atomic mass is 35.5. The van der Waals surface area contributed by atoms with Gasteiger partial charge in [0, 0.05) is 105 Å². The van der Waals surface area contributed by atoms with Gasteiger partial charge in [0.2, 0.25) is 17.7 Å². The molecule has 0 aromatic heterocycles. The fourth-order valence-electron chi connectivity index (χ4n) is 9.41. The number of nitrogen functional groups attached to an aromatic ring is 1. The third kappa shape index (κ3) is 12.1. The maximum absolute atomic E-state index is 13.2. The average molecular weight is 930 g/mol. The van der Waals surface area contributed by atoms with E-state index >= 15 is 0 Å². The number of nitrogens with zero attached hydrogens (tertiary/aromatic N) is 4. The Hall–Kier alpha value is -5.47. The van der Waals surface area contributed by atoms with E-state index in [1.807, 2.05) is 47.9 Å². The second kappa shape index (κ2) is 21.7. The Morgan fingerprint density at radius 1 is 0.662 bits per heavy atom. The lowest BCUT2D eigenvalue weighted by atomic mass is 10.1. The van der Waals surface area contributed by atoms with Crippen molar-refractivity contribution in [3.63, 3.8) is 0 Å². The molecule has 4 unspecified atom stereocenters. The van der Waals surface area contributed by atoms with Crippen LogP contribution in [0, 0.1) is 11.6 Å². The number of halogens is 4. The summed E-state index contributed by atoms with van der Waals surface area (Å²) in [5, 5.41) is 3.61. The van der Waals surface area contributed by atoms with Gasteiger partial charge in [0.25, 0.3) is 0 Å². The number of fused-ring (bicyclic) bond motifs is 4. The van der Waals surface area contributed by atoms with Gasteiger partial charge < -0.3 is 30.3 Å². The van der Waals surface area contributed by atoms with E-state index in [0.717, 1.165) is 76.1 Å². The number of nitrogens with two attached hydrogens (primary N) is 1. The van der Waals surface area contributed by atoms with Crippen LogP contribution in [0.3, 0.4) is 0 Å². The van der Waals surface area contributed by atoms with Gasteiger partial charge in [-0.3, -0.25) is 24.2 Å². The number of carbonyl (C=O) groups is 3. The Morgan fingerprint density at radius 3 is 1.48 bits per heavy atom. The van der Waals surface area contributed by atoms with E-state index < -0.39 is 0 Å². The highest BCUT2D eigenvalue weighted by molar-refractivity contribution is 6.32. The second-order valence-electron chi connectivity index (χ2n) is 16.9. The van der Waals surface area contributed by atoms with E-state index in [4.69, 9.17) is 38.4 Å². The van der Waals surface area contributed by atoms with Gasteiger partial charge in [0.05, 0.1) is 23.3 Å². The van der Waals surface area contributed by atoms with E-state index in [1.165, 1.54) is 31.2 Å². The largest absolute Gasteiger partial charge is 0.492 e. The molecule has 0 spiro atoms. The van der Waals surface area contributed by atoms with E-state index in [1.54, 1.807) is 48.6 Å². The minimum Gasteiger partial charge on any atom is -0.492 e. The van der Waals surface area contributed by atoms with E-state index in [0.29, 0.717) is 57.3 Å². The molecule has 4 aromatic carbocycles. The van der Waals surface area contributed by atoms with Crippen molar-refractivity contribution in [2.45, 2.75) is 83.7 Å². The molecule has 4 atom stereocenters. The number of carbonyl (C=O) groups excluding carboxylic acids is 3. The van der Waals surface area contributed by atoms with Crippen LogP contribution in [0.5, 0.6) is 11.5 Å². The average Bonchev–Trinajstić information content (AvgIpc) is 3.70. The zero-order valence-corrected chi connectivity index (χ0v) is 38.5. The molecule has 3 amide bonds. The molecule has 4 aromatic rings. The Morgan fingerprint density at radius 2 is 1.06 bits per heavy atom. The summed E-state index contributed by atoms with van der Waals surface area (Å²) in [4.78, 5) is 46.5. The number of rotatable bonds is 13. The monoisotopic (exact) mass is 928 g/mol. The van der Waals surface area contributed by atoms with Crippen molar-refractivity contribution < 1.29 is 32.6 Å². The molecule has 65 heavy (non-hydrogen) atoms. The zero-order valence-electron chi connectivity index (χ0n) is 37.0. The summed E-state index contributed by atoms with van der Waals surface area (Å²) in [5.74, 6) is 0.329. The second-order valence-corrected chi connectivity index (χ2v) is 17.7. The number of amides is 3. The van der Waals surface area contributed by atoms with Crippen molar-refractivity contribution in [1.82, 2.24) is 19.6 Å². The van der Waals surface area contributed by atoms with Crippen LogP contribution < -0.4 is 20.5 Å². The summed E-state index contributed by atoms with van der Waals surface area (Å²) in [6.45, 7) is 10.9. The van der Waals surface area contributed by atoms with Crippen molar-refractivity contribution in [2.24, 2.45) is 0 Å². The smallest absolute Gasteiger partial charge is 0.247 e. The normalized spacial score (nSPS) is 20.5. The van der Waals surface area contributed by atoms with Crippen LogP contribution in [-0.4, -0.2) is 101 Å². The van der Waals surface area contributed by atoms with Crippen LogP contribution in [0.4, 0.5) is 20.2 Å². The third-order valence-corrected chi connectivity index (χ3v) is 12.8. The highest BCUT2D eigenvalue weighted by Gasteiger charge is 2.43. The van der Waals surface area contributed by atoms with Gasteiger partial charge in [-0.05, 0) is 111 Å². The van der Waals surface area contributed by atoms with Crippen LogP contribution in [0.15, 0.2) is 84.9 Å². The molecule has 344 valence electrons. The van der Waals surface area contributed by atoms with Crippen LogP contribution in [-0.2, 0) is 27.5 Å². The van der Waals surface area contributed by atoms with Gasteiger partial charge in [-0.25, -0.2) is 8.78 Å². The van der Waals surface area contributed by atoms with Crippen LogP contribution in [0.2, 0.25) is 10.0 Å². The van der Waals surface area contributed by atoms with Gasteiger partial charge in [-0.2, -0.15) is 0 Å². The first-order valence-electron chi connectivity index (χ1n) is 22.2. The number of likely N-dealkylation sites (tertiary alicyclic amines) is 2. The topological polar surface area (TPSA) is 121 Å². The molecule has 0 radical (unpaired) electrons. The molecular formula is C50H56Cl2F2N6O5. The maximum atomic E-state index is 13.2. The molecule has 4 aliphatic rings. The molecule has 11 nitrogen and oxygen atoms in total. The van der Waals surface area contributed by atoms with Crippen molar-refractivity contribution in [3.05, 3.63) is 129 Å². The Kier molecular flexibility index (Phi) is 15.8. The standard InChI is InChI=1S/C26H29ClFN3O3.C24H27ClFN3O2/c1-3-34-25-12-19(24(13-23(25)27)29-17(2)32)6-11-26(33)31-21-9-10-22(31)16-30(15-21)14-18-4-7-20(28)8-5-18;1-2-31-23-11-17(22(27)12-21(23)25)5-10-24(30)29-19-8-9-20(29)15-28(14-19)13-16-3-6-18(26)7-4-16/h4-8,11-13,21-22H,3,9-10,14-16H2,1-2H3,(H,29,32);3-7,10-12,19-20H,2,8-9,13-15,27H2,1H3/b11-6+;10-5+. The Bertz CT molecular complexity index is 2370. The molecule has 4 fully saturated rings. The van der Waals surface area contributed by atoms with Crippen LogP contribution >= 0.6 is 23.2 Å². The summed E-state index contributed by atoms with van der Waals surface area (Å²) in [6.07, 6.45) is 10.5. The molecule has 4 saturated heterocycles. The van der Waals surface area contributed by atoms with E-state index in [9.17, 15) is 23.2 Å². The van der Waals surface area contributed by atoms with Gasteiger partial charge in [0.1, 0.15) is 23.1 Å².